The van der Waals surface area contributed by atoms with Crippen LogP contribution in [0.5, 0.6) is 0 Å². The average molecular weight is 564 g/mol. The molecule has 1 saturated heterocycles. The highest BCUT2D eigenvalue weighted by atomic mass is 32.2. The molecule has 0 radical (unpaired) electrons. The van der Waals surface area contributed by atoms with E-state index in [0.29, 0.717) is 17.7 Å². The number of alkyl halides is 6. The zero-order valence-corrected chi connectivity index (χ0v) is 21.6. The van der Waals surface area contributed by atoms with Gasteiger partial charge in [-0.05, 0) is 56.0 Å². The third-order valence-electron chi connectivity index (χ3n) is 6.57. The fourth-order valence-corrected chi connectivity index (χ4v) is 5.32. The van der Waals surface area contributed by atoms with E-state index in [1.807, 2.05) is 25.1 Å². The first-order valence-electron chi connectivity index (χ1n) is 11.5. The molecule has 1 fully saturated rings. The number of benzene rings is 2. The van der Waals surface area contributed by atoms with Gasteiger partial charge in [-0.2, -0.15) is 36.3 Å². The van der Waals surface area contributed by atoms with Crippen LogP contribution in [0, 0.1) is 18.3 Å². The third kappa shape index (κ3) is 7.05. The lowest BCUT2D eigenvalue weighted by molar-refractivity contribution is -0.143. The van der Waals surface area contributed by atoms with Gasteiger partial charge >= 0.3 is 12.4 Å². The van der Waals surface area contributed by atoms with Gasteiger partial charge in [-0.15, -0.1) is 0 Å². The second-order valence-corrected chi connectivity index (χ2v) is 11.4. The molecule has 3 atom stereocenters. The lowest BCUT2D eigenvalue weighted by Crippen LogP contribution is -2.63. The average Bonchev–Trinajstić information content (AvgIpc) is 2.82. The molecule has 0 unspecified atom stereocenters. The molecule has 0 aromatic heterocycles. The number of nitrogens with one attached hydrogen (secondary N) is 2. The monoisotopic (exact) mass is 563 g/mol. The van der Waals surface area contributed by atoms with Crippen molar-refractivity contribution in [3.05, 3.63) is 70.3 Å². The highest BCUT2D eigenvalue weighted by molar-refractivity contribution is 7.88. The number of rotatable bonds is 7. The molecular formula is C25H27F6N3O3S. The van der Waals surface area contributed by atoms with Gasteiger partial charge in [0.2, 0.25) is 10.0 Å². The molecule has 2 N–H and O–H groups in total. The maximum atomic E-state index is 13.3. The van der Waals surface area contributed by atoms with E-state index >= 15 is 0 Å². The van der Waals surface area contributed by atoms with Gasteiger partial charge in [0, 0.05) is 6.54 Å². The number of ether oxygens (including phenoxy) is 1. The summed E-state index contributed by atoms with van der Waals surface area (Å²) in [5.41, 5.74) is -3.94. The van der Waals surface area contributed by atoms with Gasteiger partial charge in [-0.1, -0.05) is 29.8 Å². The SMILES string of the molecule is Cc1ccc([C@]2(CO[C@H](C)c3cc(C(F)(F)F)cc(C(F)(F)F)c3)CC[C@](C#N)(NS(C)(=O)=O)CN2)cc1. The summed E-state index contributed by atoms with van der Waals surface area (Å²) in [5.74, 6) is 0. The number of hydrogen-bond acceptors (Lipinski definition) is 5. The lowest BCUT2D eigenvalue weighted by atomic mass is 9.77. The summed E-state index contributed by atoms with van der Waals surface area (Å²) in [6.07, 6.45) is -9.93. The van der Waals surface area contributed by atoms with Gasteiger partial charge in [-0.3, -0.25) is 0 Å². The van der Waals surface area contributed by atoms with Crippen LogP contribution in [0.1, 0.15) is 53.7 Å². The van der Waals surface area contributed by atoms with Gasteiger partial charge in [0.05, 0.1) is 41.7 Å². The molecule has 6 nitrogen and oxygen atoms in total. The first-order valence-corrected chi connectivity index (χ1v) is 13.4. The van der Waals surface area contributed by atoms with E-state index in [0.717, 1.165) is 11.8 Å². The van der Waals surface area contributed by atoms with E-state index in [4.69, 9.17) is 4.74 Å². The van der Waals surface area contributed by atoms with Crippen molar-refractivity contribution in [2.75, 3.05) is 19.4 Å². The Morgan fingerprint density at radius 3 is 2.03 bits per heavy atom. The van der Waals surface area contributed by atoms with Gasteiger partial charge in [0.1, 0.15) is 5.54 Å². The Morgan fingerprint density at radius 2 is 1.61 bits per heavy atom. The molecule has 0 aliphatic carbocycles. The van der Waals surface area contributed by atoms with Gasteiger partial charge in [-0.25, -0.2) is 8.42 Å². The molecule has 1 heterocycles. The highest BCUT2D eigenvalue weighted by Crippen LogP contribution is 2.39. The van der Waals surface area contributed by atoms with Crippen LogP contribution in [0.2, 0.25) is 0 Å². The van der Waals surface area contributed by atoms with E-state index < -0.39 is 50.7 Å². The van der Waals surface area contributed by atoms with E-state index in [1.165, 1.54) is 6.92 Å². The summed E-state index contributed by atoms with van der Waals surface area (Å²) >= 11 is 0. The molecule has 38 heavy (non-hydrogen) atoms. The largest absolute Gasteiger partial charge is 0.416 e. The van der Waals surface area contributed by atoms with Crippen LogP contribution in [-0.4, -0.2) is 33.4 Å². The van der Waals surface area contributed by atoms with Crippen molar-refractivity contribution < 1.29 is 39.5 Å². The van der Waals surface area contributed by atoms with Crippen molar-refractivity contribution in [2.24, 2.45) is 0 Å². The number of aryl methyl sites for hydroxylation is 1. The maximum absolute atomic E-state index is 13.3. The van der Waals surface area contributed by atoms with E-state index in [-0.39, 0.29) is 37.6 Å². The standard InChI is InChI=1S/C25H27F6N3O3S/c1-16-4-6-19(7-5-16)23(9-8-22(13-32,14-33-23)34-38(3,35)36)15-37-17(2)18-10-20(24(26,27)28)12-21(11-18)25(29,30)31/h4-7,10-12,17,33-34H,8-9,14-15H2,1-3H3/t17-,22-,23-/m1/s1. The second-order valence-electron chi connectivity index (χ2n) is 9.66. The molecular weight excluding hydrogens is 536 g/mol. The summed E-state index contributed by atoms with van der Waals surface area (Å²) in [6, 6.07) is 10.6. The Morgan fingerprint density at radius 1 is 1.05 bits per heavy atom. The molecule has 208 valence electrons. The molecule has 0 bridgehead atoms. The van der Waals surface area contributed by atoms with Crippen LogP contribution >= 0.6 is 0 Å². The molecule has 0 spiro atoms. The summed E-state index contributed by atoms with van der Waals surface area (Å²) in [7, 11) is -3.72. The number of sulfonamides is 1. The van der Waals surface area contributed by atoms with Gasteiger partial charge in [0.15, 0.2) is 0 Å². The van der Waals surface area contributed by atoms with Crippen molar-refractivity contribution in [1.29, 1.82) is 5.26 Å². The Hall–Kier alpha value is -2.66. The Bertz CT molecular complexity index is 1260. The molecule has 13 heteroatoms. The van der Waals surface area contributed by atoms with Crippen LogP contribution in [0.25, 0.3) is 0 Å². The molecule has 1 aliphatic rings. The number of halogens is 6. The van der Waals surface area contributed by atoms with Crippen molar-refractivity contribution in [3.63, 3.8) is 0 Å². The fraction of sp³-hybridized carbons (Fsp3) is 0.480. The first kappa shape index (κ1) is 29.9. The first-order chi connectivity index (χ1) is 17.4. The highest BCUT2D eigenvalue weighted by Gasteiger charge is 2.46. The van der Waals surface area contributed by atoms with Crippen molar-refractivity contribution in [2.45, 2.75) is 56.2 Å². The molecule has 0 amide bonds. The minimum absolute atomic E-state index is 0.0585. The minimum atomic E-state index is -4.99. The zero-order valence-electron chi connectivity index (χ0n) is 20.8. The van der Waals surface area contributed by atoms with Crippen molar-refractivity contribution in [1.82, 2.24) is 10.0 Å². The molecule has 2 aromatic carbocycles. The summed E-state index contributed by atoms with van der Waals surface area (Å²) in [6.45, 7) is 2.94. The number of nitrogens with zero attached hydrogens (tertiary/aromatic N) is 1. The Kier molecular flexibility index (Phi) is 8.25. The molecule has 1 aliphatic heterocycles. The van der Waals surface area contributed by atoms with Crippen molar-refractivity contribution >= 4 is 10.0 Å². The number of nitriles is 1. The molecule has 0 saturated carbocycles. The predicted molar refractivity (Wildman–Crippen MR) is 127 cm³/mol. The number of hydrogen-bond donors (Lipinski definition) is 2. The number of piperidine rings is 1. The smallest absolute Gasteiger partial charge is 0.372 e. The summed E-state index contributed by atoms with van der Waals surface area (Å²) in [4.78, 5) is 0. The Labute approximate surface area is 217 Å². The molecule has 2 aromatic rings. The third-order valence-corrected chi connectivity index (χ3v) is 7.33. The van der Waals surface area contributed by atoms with E-state index in [9.17, 15) is 40.0 Å². The Balaban J connectivity index is 1.92. The quantitative estimate of drug-likeness (QED) is 0.452. The lowest BCUT2D eigenvalue weighted by Gasteiger charge is -2.45. The maximum Gasteiger partial charge on any atom is 0.416 e. The van der Waals surface area contributed by atoms with Crippen LogP contribution in [0.3, 0.4) is 0 Å². The minimum Gasteiger partial charge on any atom is -0.372 e. The van der Waals surface area contributed by atoms with Gasteiger partial charge in [0.25, 0.3) is 0 Å². The topological polar surface area (TPSA) is 91.2 Å². The predicted octanol–water partition coefficient (Wildman–Crippen LogP) is 5.20. The zero-order chi connectivity index (χ0) is 28.6. The normalized spacial score (nSPS) is 23.6. The van der Waals surface area contributed by atoms with Crippen LogP contribution in [0.4, 0.5) is 26.3 Å². The van der Waals surface area contributed by atoms with Crippen LogP contribution in [-0.2, 0) is 32.7 Å². The van der Waals surface area contributed by atoms with Gasteiger partial charge < -0.3 is 10.1 Å². The molecule has 3 rings (SSSR count). The summed E-state index contributed by atoms with van der Waals surface area (Å²) < 4.78 is 112. The fourth-order valence-electron chi connectivity index (χ4n) is 4.39. The second kappa shape index (κ2) is 10.5. The van der Waals surface area contributed by atoms with Crippen LogP contribution < -0.4 is 10.0 Å². The van der Waals surface area contributed by atoms with Crippen molar-refractivity contribution in [3.8, 4) is 6.07 Å². The van der Waals surface area contributed by atoms with E-state index in [1.54, 1.807) is 12.1 Å². The van der Waals surface area contributed by atoms with Crippen LogP contribution in [0.15, 0.2) is 42.5 Å². The van der Waals surface area contributed by atoms with E-state index in [2.05, 4.69) is 10.0 Å². The summed E-state index contributed by atoms with van der Waals surface area (Å²) in [5, 5.41) is 12.9.